The lowest BCUT2D eigenvalue weighted by Gasteiger charge is -2.39. The fraction of sp³-hybridized carbons (Fsp3) is 0.500. The van der Waals surface area contributed by atoms with Gasteiger partial charge in [0.25, 0.3) is 0 Å². The first-order valence-electron chi connectivity index (χ1n) is 5.78. The molecule has 0 aromatic heterocycles. The minimum Gasteiger partial charge on any atom is -0.194 e. The largest absolute Gasteiger partial charge is 0.460 e. The number of hydrogen-bond donors (Lipinski definition) is 0. The first-order valence-corrected chi connectivity index (χ1v) is 5.78. The maximum absolute atomic E-state index is 13.5. The van der Waals surface area contributed by atoms with Crippen LogP contribution in [-0.4, -0.2) is 29.9 Å². The van der Waals surface area contributed by atoms with Crippen LogP contribution in [0.3, 0.4) is 0 Å². The fourth-order valence-corrected chi connectivity index (χ4v) is 1.55. The zero-order chi connectivity index (χ0) is 20.1. The van der Waals surface area contributed by atoms with E-state index >= 15 is 0 Å². The van der Waals surface area contributed by atoms with Crippen molar-refractivity contribution < 1.29 is 57.1 Å². The molecule has 13 heteroatoms. The van der Waals surface area contributed by atoms with Crippen molar-refractivity contribution in [3.8, 4) is 0 Å². The first-order chi connectivity index (χ1) is 10.9. The third-order valence-electron chi connectivity index (χ3n) is 3.01. The van der Waals surface area contributed by atoms with Gasteiger partial charge in [-0.3, -0.25) is 0 Å². The molecule has 0 aliphatic heterocycles. The molecule has 0 spiro atoms. The Bertz CT molecular complexity index is 599. The average molecular weight is 395 g/mol. The van der Waals surface area contributed by atoms with E-state index in [2.05, 4.69) is 0 Å². The van der Waals surface area contributed by atoms with Crippen molar-refractivity contribution in [2.45, 2.75) is 35.8 Å². The normalized spacial score (nSPS) is 15.4. The first kappa shape index (κ1) is 21.4. The van der Waals surface area contributed by atoms with Crippen molar-refractivity contribution in [3.05, 3.63) is 35.9 Å². The van der Waals surface area contributed by atoms with Crippen LogP contribution in [0, 0.1) is 6.07 Å². The second kappa shape index (κ2) is 5.66. The van der Waals surface area contributed by atoms with Gasteiger partial charge in [-0.25, -0.2) is 0 Å². The highest BCUT2D eigenvalue weighted by Gasteiger charge is 2.90. The van der Waals surface area contributed by atoms with Crippen LogP contribution in [0.2, 0.25) is 0 Å². The maximum atomic E-state index is 13.5. The number of alkyl halides is 13. The van der Waals surface area contributed by atoms with E-state index in [4.69, 9.17) is 0 Å². The van der Waals surface area contributed by atoms with Gasteiger partial charge in [0.2, 0.25) is 0 Å². The zero-order valence-electron chi connectivity index (χ0n) is 11.2. The SMILES string of the molecule is FC(F)(F)C(F)(F)C(F)(F)C(F)(F)C(F)(F)C(F)(F)c1cc[c]cc1. The highest BCUT2D eigenvalue weighted by atomic mass is 19.4. The third kappa shape index (κ3) is 2.80. The molecule has 1 radical (unpaired) electrons. The number of rotatable bonds is 5. The summed E-state index contributed by atoms with van der Waals surface area (Å²) in [6.45, 7) is 0. The summed E-state index contributed by atoms with van der Waals surface area (Å²) >= 11 is 0. The molecule has 143 valence electrons. The van der Waals surface area contributed by atoms with Gasteiger partial charge in [0, 0.05) is 5.56 Å². The highest BCUT2D eigenvalue weighted by Crippen LogP contribution is 2.61. The standard InChI is InChI=1S/C12H4F13/c13-7(14,6-4-2-1-3-5-6)8(15,16)9(17,18)10(19,20)11(21,22)12(23,24)25/h2-5H. The van der Waals surface area contributed by atoms with Crippen molar-refractivity contribution in [2.24, 2.45) is 0 Å². The second-order valence-corrected chi connectivity index (χ2v) is 4.66. The lowest BCUT2D eigenvalue weighted by molar-refractivity contribution is -0.441. The molecule has 0 unspecified atom stereocenters. The van der Waals surface area contributed by atoms with Crippen LogP contribution in [0.1, 0.15) is 5.56 Å². The topological polar surface area (TPSA) is 0 Å². The molecular weight excluding hydrogens is 391 g/mol. The molecule has 0 amide bonds. The van der Waals surface area contributed by atoms with Gasteiger partial charge in [0.1, 0.15) is 0 Å². The maximum Gasteiger partial charge on any atom is 0.460 e. The highest BCUT2D eigenvalue weighted by molar-refractivity contribution is 5.25. The zero-order valence-corrected chi connectivity index (χ0v) is 11.2. The van der Waals surface area contributed by atoms with Gasteiger partial charge in [-0.15, -0.1) is 0 Å². The summed E-state index contributed by atoms with van der Waals surface area (Å²) in [5.74, 6) is -36.9. The number of benzene rings is 1. The molecule has 0 fully saturated rings. The molecule has 0 saturated heterocycles. The van der Waals surface area contributed by atoms with E-state index in [1.165, 1.54) is 0 Å². The van der Waals surface area contributed by atoms with Crippen LogP contribution < -0.4 is 0 Å². The van der Waals surface area contributed by atoms with Gasteiger partial charge >= 0.3 is 35.8 Å². The number of hydrogen-bond acceptors (Lipinski definition) is 0. The average Bonchev–Trinajstić information content (AvgIpc) is 2.46. The second-order valence-electron chi connectivity index (χ2n) is 4.66. The minimum absolute atomic E-state index is 0.0179. The summed E-state index contributed by atoms with van der Waals surface area (Å²) in [4.78, 5) is 0. The Morgan fingerprint density at radius 3 is 1.24 bits per heavy atom. The molecule has 0 bridgehead atoms. The van der Waals surface area contributed by atoms with Crippen LogP contribution in [0.25, 0.3) is 0 Å². The summed E-state index contributed by atoms with van der Waals surface area (Å²) in [5, 5.41) is 0. The molecule has 1 aromatic carbocycles. The van der Waals surface area contributed by atoms with Crippen molar-refractivity contribution in [2.75, 3.05) is 0 Å². The fourth-order valence-electron chi connectivity index (χ4n) is 1.55. The van der Waals surface area contributed by atoms with Gasteiger partial charge < -0.3 is 0 Å². The lowest BCUT2D eigenvalue weighted by atomic mass is 9.90. The van der Waals surface area contributed by atoms with E-state index in [0.717, 1.165) is 0 Å². The van der Waals surface area contributed by atoms with Crippen LogP contribution in [0.4, 0.5) is 57.1 Å². The van der Waals surface area contributed by atoms with Crippen LogP contribution in [-0.2, 0) is 5.92 Å². The molecule has 1 aromatic rings. The Labute approximate surface area is 130 Å². The van der Waals surface area contributed by atoms with Crippen LogP contribution in [0.15, 0.2) is 24.3 Å². The van der Waals surface area contributed by atoms with Crippen molar-refractivity contribution in [1.29, 1.82) is 0 Å². The van der Waals surface area contributed by atoms with Gasteiger partial charge in [0.15, 0.2) is 0 Å². The Kier molecular flexibility index (Phi) is 4.83. The molecule has 0 saturated carbocycles. The summed E-state index contributed by atoms with van der Waals surface area (Å²) in [5.41, 5.74) is -2.03. The Balaban J connectivity index is 3.54. The van der Waals surface area contributed by atoms with Crippen LogP contribution >= 0.6 is 0 Å². The van der Waals surface area contributed by atoms with Gasteiger partial charge in [-0.05, 0) is 6.07 Å². The Morgan fingerprint density at radius 1 is 0.520 bits per heavy atom. The Hall–Kier alpha value is -1.69. The van der Waals surface area contributed by atoms with E-state index < -0.39 is 41.4 Å². The van der Waals surface area contributed by atoms with E-state index in [9.17, 15) is 57.1 Å². The molecule has 25 heavy (non-hydrogen) atoms. The van der Waals surface area contributed by atoms with E-state index in [1.807, 2.05) is 6.07 Å². The van der Waals surface area contributed by atoms with E-state index in [-0.39, 0.29) is 12.1 Å². The van der Waals surface area contributed by atoms with E-state index in [0.29, 0.717) is 12.1 Å². The van der Waals surface area contributed by atoms with E-state index in [1.54, 1.807) is 0 Å². The third-order valence-corrected chi connectivity index (χ3v) is 3.01. The predicted octanol–water partition coefficient (Wildman–Crippen LogP) is 5.68. The molecule has 0 atom stereocenters. The van der Waals surface area contributed by atoms with Crippen molar-refractivity contribution in [3.63, 3.8) is 0 Å². The van der Waals surface area contributed by atoms with Gasteiger partial charge in [-0.2, -0.15) is 57.1 Å². The van der Waals surface area contributed by atoms with Crippen molar-refractivity contribution in [1.82, 2.24) is 0 Å². The molecular formula is C12H4F13. The molecule has 0 nitrogen and oxygen atoms in total. The number of halogens is 13. The van der Waals surface area contributed by atoms with Gasteiger partial charge in [-0.1, -0.05) is 24.3 Å². The molecule has 0 heterocycles. The molecule has 0 aliphatic carbocycles. The Morgan fingerprint density at radius 2 is 0.880 bits per heavy atom. The quantitative estimate of drug-likeness (QED) is 0.563. The predicted molar refractivity (Wildman–Crippen MR) is 55.0 cm³/mol. The summed E-state index contributed by atoms with van der Waals surface area (Å²) in [7, 11) is 0. The van der Waals surface area contributed by atoms with Crippen molar-refractivity contribution >= 4 is 0 Å². The molecule has 1 rings (SSSR count). The van der Waals surface area contributed by atoms with Crippen LogP contribution in [0.5, 0.6) is 0 Å². The monoisotopic (exact) mass is 395 g/mol. The van der Waals surface area contributed by atoms with Gasteiger partial charge in [0.05, 0.1) is 0 Å². The lowest BCUT2D eigenvalue weighted by Crippen LogP contribution is -2.69. The molecule has 0 N–H and O–H groups in total. The summed E-state index contributed by atoms with van der Waals surface area (Å²) in [6.07, 6.45) is -7.41. The molecule has 0 aliphatic rings. The summed E-state index contributed by atoms with van der Waals surface area (Å²) < 4.78 is 167. The minimum atomic E-state index is -7.88. The summed E-state index contributed by atoms with van der Waals surface area (Å²) in [6, 6.07) is 2.97. The smallest absolute Gasteiger partial charge is 0.194 e.